The third kappa shape index (κ3) is 9.99. The van der Waals surface area contributed by atoms with Crippen molar-refractivity contribution in [2.24, 2.45) is 0 Å². The Morgan fingerprint density at radius 3 is 1.41 bits per heavy atom. The Bertz CT molecular complexity index is 4170. The van der Waals surface area contributed by atoms with Gasteiger partial charge in [-0.3, -0.25) is 4.98 Å². The number of aryl methyl sites for hydroxylation is 5. The van der Waals surface area contributed by atoms with Crippen LogP contribution in [0.3, 0.4) is 0 Å². The van der Waals surface area contributed by atoms with Gasteiger partial charge in [-0.1, -0.05) is 207 Å². The van der Waals surface area contributed by atoms with Gasteiger partial charge in [0.25, 0.3) is 0 Å². The number of hydrogen-bond acceptors (Lipinski definition) is 3. The fourth-order valence-electron chi connectivity index (χ4n) is 12.4. The third-order valence-corrected chi connectivity index (χ3v) is 16.7. The van der Waals surface area contributed by atoms with Gasteiger partial charge < -0.3 is 9.97 Å². The molecule has 6 heteroatoms. The number of pyridine rings is 3. The van der Waals surface area contributed by atoms with E-state index < -0.39 is 0 Å². The first-order valence-corrected chi connectivity index (χ1v) is 26.6. The van der Waals surface area contributed by atoms with Crippen molar-refractivity contribution in [2.45, 2.75) is 92.4 Å². The van der Waals surface area contributed by atoms with E-state index >= 15 is 0 Å². The molecule has 0 N–H and O–H groups in total. The summed E-state index contributed by atoms with van der Waals surface area (Å²) in [7, 11) is 0. The average Bonchev–Trinajstić information content (AvgIpc) is 4.03. The standard InChI is InChI=1S/C26H22N.C25H20N.C22H20N.3Ir/c1-16-9-11-20-21-12-10-18(14-24(21)26(3,4)23(20)13-16)25-22-8-6-5-7-19(22)17(2)15-27-25;1-16-14-24(26-23-11-7-5-8-18(16)23)17-12-13-20-19-9-4-6-10-21(19)25(2,3)22(20)15-17;1-14-5-7-17-18-8-6-16(21-12-15(2)9-10-23-21)13-20(18)22(3,4)19(17)11-14;;;/h5-9,11-15H,1-4H3;4-11,13-15H,1-3H3;5,7-13H,1-4H3;;;/q3*-1;;;. The molecule has 0 fully saturated rings. The Morgan fingerprint density at radius 1 is 0.354 bits per heavy atom. The van der Waals surface area contributed by atoms with Crippen LogP contribution in [0, 0.1) is 52.8 Å². The van der Waals surface area contributed by atoms with E-state index in [9.17, 15) is 0 Å². The van der Waals surface area contributed by atoms with E-state index in [1.54, 1.807) is 0 Å². The molecule has 79 heavy (non-hydrogen) atoms. The van der Waals surface area contributed by atoms with Gasteiger partial charge in [-0.25, -0.2) is 0 Å². The maximum atomic E-state index is 4.90. The molecule has 3 radical (unpaired) electrons. The Morgan fingerprint density at radius 2 is 0.810 bits per heavy atom. The minimum atomic E-state index is -0.0129. The second-order valence-electron chi connectivity index (χ2n) is 22.9. The molecular weight excluding hydrogens is 1500 g/mol. The van der Waals surface area contributed by atoms with Crippen LogP contribution in [-0.4, -0.2) is 15.0 Å². The van der Waals surface area contributed by atoms with Crippen molar-refractivity contribution in [3.05, 3.63) is 256 Å². The molecule has 3 aliphatic rings. The molecule has 3 heterocycles. The Kier molecular flexibility index (Phi) is 15.9. The van der Waals surface area contributed by atoms with Gasteiger partial charge in [-0.2, -0.15) is 0 Å². The van der Waals surface area contributed by atoms with Crippen molar-refractivity contribution in [1.29, 1.82) is 0 Å². The SMILES string of the molecule is Cc1cc(-c2[c-]cc3c(c2)C(C)(C)c2ccccc2-3)nc2ccccc12.Cc1ccc2c(c1)C(C)(C)c1cc(-c3ncc(C)c4ccccc34)[c-]cc1-2.Cc1ccnc(-c2[c-]cc3c(c2)C(C)(C)c2cc(C)ccc2-3)c1.[Ir].[Ir].[Ir]. The number of para-hydroxylation sites is 1. The minimum Gasteiger partial charge on any atom is -0.305 e. The van der Waals surface area contributed by atoms with E-state index in [0.29, 0.717) is 0 Å². The summed E-state index contributed by atoms with van der Waals surface area (Å²) in [6.07, 6.45) is 3.84. The van der Waals surface area contributed by atoms with Gasteiger partial charge in [0.15, 0.2) is 0 Å². The molecule has 11 aromatic rings. The molecule has 14 rings (SSSR count). The molecule has 3 aromatic heterocycles. The second kappa shape index (κ2) is 22.0. The van der Waals surface area contributed by atoms with Crippen LogP contribution in [0.5, 0.6) is 0 Å². The largest absolute Gasteiger partial charge is 0.305 e. The maximum Gasteiger partial charge on any atom is 0.0597 e. The summed E-state index contributed by atoms with van der Waals surface area (Å²) in [6, 6.07) is 69.2. The first kappa shape index (κ1) is 57.4. The number of benzene rings is 8. The van der Waals surface area contributed by atoms with Crippen molar-refractivity contribution in [3.63, 3.8) is 0 Å². The summed E-state index contributed by atoms with van der Waals surface area (Å²) in [6.45, 7) is 24.6. The van der Waals surface area contributed by atoms with Crippen LogP contribution in [0.4, 0.5) is 0 Å². The van der Waals surface area contributed by atoms with Gasteiger partial charge >= 0.3 is 0 Å². The van der Waals surface area contributed by atoms with E-state index in [1.165, 1.54) is 111 Å². The fourth-order valence-corrected chi connectivity index (χ4v) is 12.4. The zero-order valence-electron chi connectivity index (χ0n) is 46.6. The van der Waals surface area contributed by atoms with Crippen molar-refractivity contribution < 1.29 is 60.3 Å². The van der Waals surface area contributed by atoms with Crippen molar-refractivity contribution in [1.82, 2.24) is 15.0 Å². The summed E-state index contributed by atoms with van der Waals surface area (Å²) in [5, 5.41) is 3.66. The van der Waals surface area contributed by atoms with Gasteiger partial charge in [0, 0.05) is 78.1 Å². The summed E-state index contributed by atoms with van der Waals surface area (Å²) in [4.78, 5) is 14.2. The van der Waals surface area contributed by atoms with Gasteiger partial charge in [-0.15, -0.1) is 88.0 Å². The molecule has 0 saturated carbocycles. The second-order valence-corrected chi connectivity index (χ2v) is 22.9. The van der Waals surface area contributed by atoms with Gasteiger partial charge in [0.2, 0.25) is 0 Å². The van der Waals surface area contributed by atoms with Crippen LogP contribution < -0.4 is 0 Å². The first-order valence-electron chi connectivity index (χ1n) is 26.6. The van der Waals surface area contributed by atoms with Crippen molar-refractivity contribution in [3.8, 4) is 67.2 Å². The zero-order chi connectivity index (χ0) is 52.8. The monoisotopic (exact) mass is 1560 g/mol. The molecule has 0 atom stereocenters. The molecule has 0 amide bonds. The summed E-state index contributed by atoms with van der Waals surface area (Å²) in [5.41, 5.74) is 29.8. The van der Waals surface area contributed by atoms with Crippen molar-refractivity contribution >= 4 is 21.7 Å². The molecule has 3 nitrogen and oxygen atoms in total. The predicted octanol–water partition coefficient (Wildman–Crippen LogP) is 18.4. The van der Waals surface area contributed by atoms with E-state index in [2.05, 4.69) is 251 Å². The average molecular weight is 1560 g/mol. The summed E-state index contributed by atoms with van der Waals surface area (Å²) in [5.74, 6) is 0. The molecule has 399 valence electrons. The molecule has 8 aromatic carbocycles. The topological polar surface area (TPSA) is 38.7 Å². The molecule has 0 bridgehead atoms. The van der Waals surface area contributed by atoms with Crippen LogP contribution in [0.15, 0.2) is 176 Å². The first-order chi connectivity index (χ1) is 36.5. The van der Waals surface area contributed by atoms with Gasteiger partial charge in [0.05, 0.1) is 5.52 Å². The number of nitrogens with zero attached hydrogens (tertiary/aromatic N) is 3. The number of hydrogen-bond donors (Lipinski definition) is 0. The van der Waals surface area contributed by atoms with Crippen LogP contribution >= 0.6 is 0 Å². The molecule has 0 spiro atoms. The smallest absolute Gasteiger partial charge is 0.0597 e. The molecule has 3 aliphatic carbocycles. The number of aromatic nitrogens is 3. The minimum absolute atomic E-state index is 0. The quantitative estimate of drug-likeness (QED) is 0.166. The maximum absolute atomic E-state index is 4.90. The summed E-state index contributed by atoms with van der Waals surface area (Å²) >= 11 is 0. The van der Waals surface area contributed by atoms with E-state index in [4.69, 9.17) is 9.97 Å². The normalized spacial score (nSPS) is 13.8. The van der Waals surface area contributed by atoms with Gasteiger partial charge in [-0.05, 0) is 119 Å². The van der Waals surface area contributed by atoms with Gasteiger partial charge in [0.1, 0.15) is 0 Å². The fraction of sp³-hybridized carbons (Fsp3) is 0.192. The van der Waals surface area contributed by atoms with E-state index in [0.717, 1.165) is 39.3 Å². The number of fused-ring (bicyclic) bond motifs is 11. The van der Waals surface area contributed by atoms with Crippen molar-refractivity contribution in [2.75, 3.05) is 0 Å². The van der Waals surface area contributed by atoms with E-state index in [-0.39, 0.29) is 76.6 Å². The van der Waals surface area contributed by atoms with Crippen LogP contribution in [-0.2, 0) is 76.6 Å². The third-order valence-electron chi connectivity index (χ3n) is 16.7. The molecular formula is C73H62Ir3N3-3. The van der Waals surface area contributed by atoms with Crippen LogP contribution in [0.1, 0.15) is 103 Å². The Balaban J connectivity index is 0.000000142. The molecule has 0 aliphatic heterocycles. The van der Waals surface area contributed by atoms with Crippen LogP contribution in [0.25, 0.3) is 88.8 Å². The number of rotatable bonds is 3. The molecule has 0 unspecified atom stereocenters. The van der Waals surface area contributed by atoms with E-state index in [1.807, 2.05) is 24.5 Å². The Labute approximate surface area is 507 Å². The summed E-state index contributed by atoms with van der Waals surface area (Å²) < 4.78 is 0. The Hall–Kier alpha value is -6.32. The zero-order valence-corrected chi connectivity index (χ0v) is 53.8. The predicted molar refractivity (Wildman–Crippen MR) is 317 cm³/mol. The molecule has 0 saturated heterocycles. The van der Waals surface area contributed by atoms with Crippen LogP contribution in [0.2, 0.25) is 0 Å².